The monoisotopic (exact) mass is 296 g/mol. The molecular formula is C18H36OSi. The molecule has 0 aromatic rings. The van der Waals surface area contributed by atoms with Crippen molar-refractivity contribution >= 4 is 14.9 Å². The Morgan fingerprint density at radius 1 is 0.800 bits per heavy atom. The van der Waals surface area contributed by atoms with Crippen molar-refractivity contribution in [2.45, 2.75) is 97.3 Å². The molecule has 20 heavy (non-hydrogen) atoms. The van der Waals surface area contributed by atoms with Crippen LogP contribution in [0.25, 0.3) is 0 Å². The van der Waals surface area contributed by atoms with E-state index in [1.807, 2.05) is 6.92 Å². The van der Waals surface area contributed by atoms with Crippen molar-refractivity contribution in [1.29, 1.82) is 0 Å². The molecule has 0 saturated heterocycles. The molecule has 0 aromatic heterocycles. The Hall–Kier alpha value is -0.373. The van der Waals surface area contributed by atoms with Crippen molar-refractivity contribution in [3.63, 3.8) is 0 Å². The van der Waals surface area contributed by atoms with Crippen LogP contribution < -0.4 is 0 Å². The summed E-state index contributed by atoms with van der Waals surface area (Å²) in [6.07, 6.45) is 19.6. The first kappa shape index (κ1) is 19.6. The summed E-state index contributed by atoms with van der Waals surface area (Å²) in [5.74, 6) is 0. The van der Waals surface area contributed by atoms with Crippen LogP contribution in [0, 0.1) is 0 Å². The van der Waals surface area contributed by atoms with E-state index in [-0.39, 0.29) is 0 Å². The zero-order valence-corrected chi connectivity index (χ0v) is 15.4. The van der Waals surface area contributed by atoms with Crippen LogP contribution in [0.1, 0.15) is 97.3 Å². The van der Waals surface area contributed by atoms with Gasteiger partial charge in [-0.15, -0.1) is 0 Å². The summed E-state index contributed by atoms with van der Waals surface area (Å²) >= 11 is 0. The first-order chi connectivity index (χ1) is 9.81. The van der Waals surface area contributed by atoms with Crippen LogP contribution >= 0.6 is 0 Å². The van der Waals surface area contributed by atoms with Gasteiger partial charge in [0.25, 0.3) is 0 Å². The number of rotatable bonds is 15. The molecule has 0 aliphatic carbocycles. The largest absolute Gasteiger partial charge is 0.306 e. The molecule has 0 atom stereocenters. The van der Waals surface area contributed by atoms with E-state index in [4.69, 9.17) is 0 Å². The number of carbonyl (C=O) groups excluding carboxylic acids is 1. The third-order valence-electron chi connectivity index (χ3n) is 3.88. The predicted molar refractivity (Wildman–Crippen MR) is 94.1 cm³/mol. The summed E-state index contributed by atoms with van der Waals surface area (Å²) in [6, 6.07) is 0. The number of carbonyl (C=O) groups is 1. The molecule has 2 heteroatoms. The molecule has 0 fully saturated rings. The Morgan fingerprint density at radius 2 is 1.30 bits per heavy atom. The van der Waals surface area contributed by atoms with E-state index in [0.29, 0.717) is 5.41 Å². The number of hydrogen-bond acceptors (Lipinski definition) is 1. The average molecular weight is 297 g/mol. The van der Waals surface area contributed by atoms with Crippen LogP contribution in [-0.2, 0) is 4.79 Å². The van der Waals surface area contributed by atoms with Gasteiger partial charge in [-0.2, -0.15) is 0 Å². The molecule has 0 aromatic carbocycles. The molecule has 0 N–H and O–H groups in total. The van der Waals surface area contributed by atoms with E-state index in [0.717, 1.165) is 6.42 Å². The van der Waals surface area contributed by atoms with Crippen LogP contribution in [0.4, 0.5) is 0 Å². The Balaban J connectivity index is 3.08. The minimum atomic E-state index is -0.544. The van der Waals surface area contributed by atoms with Crippen molar-refractivity contribution in [2.24, 2.45) is 0 Å². The molecule has 0 radical (unpaired) electrons. The lowest BCUT2D eigenvalue weighted by Gasteiger charge is -2.01. The fourth-order valence-electron chi connectivity index (χ4n) is 2.40. The molecule has 0 aliphatic heterocycles. The summed E-state index contributed by atoms with van der Waals surface area (Å²) in [4.78, 5) is 11.1. The summed E-state index contributed by atoms with van der Waals surface area (Å²) in [5, 5.41) is 0.486. The molecule has 0 unspecified atom stereocenters. The van der Waals surface area contributed by atoms with E-state index in [1.54, 1.807) is 0 Å². The standard InChI is InChI=1S/C18H36OSi/c1-3-5-6-7-8-9-10-11-12-13-14-15-16-17-20-18(19)4-2/h16-17H,3-15,20H2,1-2H3. The molecule has 118 valence electrons. The first-order valence-electron chi connectivity index (χ1n) is 8.98. The van der Waals surface area contributed by atoms with Gasteiger partial charge in [-0.3, -0.25) is 0 Å². The fourth-order valence-corrected chi connectivity index (χ4v) is 3.36. The maximum Gasteiger partial charge on any atom is 0.124 e. The number of hydrogen-bond donors (Lipinski definition) is 0. The van der Waals surface area contributed by atoms with Gasteiger partial charge in [-0.25, -0.2) is 0 Å². The van der Waals surface area contributed by atoms with Crippen molar-refractivity contribution in [3.05, 3.63) is 11.8 Å². The molecule has 0 spiro atoms. The lowest BCUT2D eigenvalue weighted by atomic mass is 10.1. The predicted octanol–water partition coefficient (Wildman–Crippen LogP) is 5.31. The topological polar surface area (TPSA) is 17.1 Å². The van der Waals surface area contributed by atoms with Crippen LogP contribution in [0.5, 0.6) is 0 Å². The molecule has 0 amide bonds. The maximum absolute atomic E-state index is 11.1. The summed E-state index contributed by atoms with van der Waals surface area (Å²) in [7, 11) is -0.544. The third-order valence-corrected chi connectivity index (χ3v) is 5.41. The Morgan fingerprint density at radius 3 is 1.80 bits per heavy atom. The van der Waals surface area contributed by atoms with Crippen LogP contribution in [0.3, 0.4) is 0 Å². The van der Waals surface area contributed by atoms with Gasteiger partial charge in [0, 0.05) is 0 Å². The molecule has 1 nitrogen and oxygen atoms in total. The van der Waals surface area contributed by atoms with Gasteiger partial charge in [0.1, 0.15) is 14.9 Å². The van der Waals surface area contributed by atoms with E-state index in [9.17, 15) is 4.79 Å². The lowest BCUT2D eigenvalue weighted by Crippen LogP contribution is -2.03. The molecule has 0 aliphatic rings. The zero-order chi connectivity index (χ0) is 14.9. The minimum absolute atomic E-state index is 0.486. The lowest BCUT2D eigenvalue weighted by molar-refractivity contribution is -0.111. The highest BCUT2D eigenvalue weighted by molar-refractivity contribution is 6.77. The van der Waals surface area contributed by atoms with Crippen LogP contribution in [-0.4, -0.2) is 14.9 Å². The summed E-state index contributed by atoms with van der Waals surface area (Å²) in [5.41, 5.74) is 2.18. The van der Waals surface area contributed by atoms with E-state index in [2.05, 4.69) is 18.7 Å². The Bertz CT molecular complexity index is 236. The van der Waals surface area contributed by atoms with Crippen LogP contribution in [0.15, 0.2) is 11.8 Å². The van der Waals surface area contributed by atoms with E-state index < -0.39 is 9.52 Å². The summed E-state index contributed by atoms with van der Waals surface area (Å²) < 4.78 is 0. The van der Waals surface area contributed by atoms with Gasteiger partial charge in [0.15, 0.2) is 0 Å². The number of allylic oxidation sites excluding steroid dienone is 1. The van der Waals surface area contributed by atoms with Gasteiger partial charge >= 0.3 is 0 Å². The molecule has 0 rings (SSSR count). The maximum atomic E-state index is 11.1. The third kappa shape index (κ3) is 15.7. The normalized spacial score (nSPS) is 11.9. The van der Waals surface area contributed by atoms with Gasteiger partial charge < -0.3 is 4.79 Å². The second kappa shape index (κ2) is 16.7. The van der Waals surface area contributed by atoms with Gasteiger partial charge in [-0.1, -0.05) is 89.8 Å². The Labute approximate surface area is 129 Å². The summed E-state index contributed by atoms with van der Waals surface area (Å²) in [6.45, 7) is 4.24. The molecule has 0 bridgehead atoms. The van der Waals surface area contributed by atoms with Gasteiger partial charge in [0.2, 0.25) is 0 Å². The highest BCUT2D eigenvalue weighted by atomic mass is 28.2. The van der Waals surface area contributed by atoms with Crippen molar-refractivity contribution in [1.82, 2.24) is 0 Å². The van der Waals surface area contributed by atoms with Crippen LogP contribution in [0.2, 0.25) is 0 Å². The smallest absolute Gasteiger partial charge is 0.124 e. The zero-order valence-electron chi connectivity index (χ0n) is 14.0. The average Bonchev–Trinajstić information content (AvgIpc) is 2.47. The minimum Gasteiger partial charge on any atom is -0.306 e. The highest BCUT2D eigenvalue weighted by Gasteiger charge is 1.94. The molecule has 0 saturated carbocycles. The fraction of sp³-hybridized carbons (Fsp3) is 0.833. The van der Waals surface area contributed by atoms with Gasteiger partial charge in [0.05, 0.1) is 0 Å². The SMILES string of the molecule is CCCCCCCCCCCCCC=C[SiH2]C(=O)CC. The van der Waals surface area contributed by atoms with Gasteiger partial charge in [-0.05, 0) is 19.3 Å². The van der Waals surface area contributed by atoms with Crippen molar-refractivity contribution < 1.29 is 4.79 Å². The quantitative estimate of drug-likeness (QED) is 0.296. The van der Waals surface area contributed by atoms with E-state index in [1.165, 1.54) is 77.0 Å². The second-order valence-electron chi connectivity index (χ2n) is 5.89. The van der Waals surface area contributed by atoms with Crippen molar-refractivity contribution in [3.8, 4) is 0 Å². The highest BCUT2D eigenvalue weighted by Crippen LogP contribution is 2.11. The molecular weight excluding hydrogens is 260 g/mol. The Kier molecular flexibility index (Phi) is 16.4. The second-order valence-corrected chi connectivity index (χ2v) is 7.56. The number of unbranched alkanes of at least 4 members (excludes halogenated alkanes) is 11. The van der Waals surface area contributed by atoms with Crippen molar-refractivity contribution in [2.75, 3.05) is 0 Å². The molecule has 0 heterocycles. The van der Waals surface area contributed by atoms with E-state index >= 15 is 0 Å². The first-order valence-corrected chi connectivity index (χ1v) is 10.5.